The molecule has 2 rings (SSSR count). The van der Waals surface area contributed by atoms with Crippen LogP contribution in [-0.2, 0) is 0 Å². The maximum Gasteiger partial charge on any atom is 0.172 e. The summed E-state index contributed by atoms with van der Waals surface area (Å²) in [6, 6.07) is 3.85. The van der Waals surface area contributed by atoms with Gasteiger partial charge in [-0.25, -0.2) is 0 Å². The molecular weight excluding hydrogens is 248 g/mol. The Morgan fingerprint density at radius 3 is 2.85 bits per heavy atom. The normalized spacial score (nSPS) is 16.1. The monoisotopic (exact) mass is 258 g/mol. The van der Waals surface area contributed by atoms with Gasteiger partial charge in [-0.05, 0) is 40.4 Å². The van der Waals surface area contributed by atoms with Crippen LogP contribution in [0.5, 0.6) is 0 Å². The van der Waals surface area contributed by atoms with Gasteiger partial charge in [0.15, 0.2) is 5.78 Å². The van der Waals surface area contributed by atoms with Crippen molar-refractivity contribution in [2.24, 2.45) is 5.92 Å². The van der Waals surface area contributed by atoms with Gasteiger partial charge in [0.25, 0.3) is 0 Å². The Kier molecular flexibility index (Phi) is 2.84. The van der Waals surface area contributed by atoms with Gasteiger partial charge in [0.1, 0.15) is 0 Å². The lowest BCUT2D eigenvalue weighted by Crippen LogP contribution is -1.95. The molecule has 0 unspecified atom stereocenters. The van der Waals surface area contributed by atoms with E-state index < -0.39 is 0 Å². The molecule has 0 amide bonds. The van der Waals surface area contributed by atoms with Crippen LogP contribution in [0.3, 0.4) is 0 Å². The quantitative estimate of drug-likeness (QED) is 0.750. The van der Waals surface area contributed by atoms with Crippen LogP contribution in [0.1, 0.15) is 35.4 Å². The lowest BCUT2D eigenvalue weighted by atomic mass is 10.1. The first-order valence-corrected chi connectivity index (χ1v) is 6.15. The van der Waals surface area contributed by atoms with Gasteiger partial charge in [0, 0.05) is 6.42 Å². The molecule has 3 heteroatoms. The summed E-state index contributed by atoms with van der Waals surface area (Å²) < 4.78 is 1.04. The van der Waals surface area contributed by atoms with Crippen molar-refractivity contribution in [2.45, 2.75) is 25.7 Å². The van der Waals surface area contributed by atoms with E-state index in [9.17, 15) is 4.79 Å². The molecule has 0 saturated heterocycles. The summed E-state index contributed by atoms with van der Waals surface area (Å²) in [5, 5.41) is 0. The Labute approximate surface area is 90.3 Å². The average molecular weight is 259 g/mol. The Hall–Kier alpha value is -0.150. The molecule has 1 nitrogen and oxygen atoms in total. The molecule has 0 N–H and O–H groups in total. The number of Topliss-reactive ketones (excluding diaryl/α,β-unsaturated/α-hetero) is 1. The van der Waals surface area contributed by atoms with Crippen molar-refractivity contribution in [1.29, 1.82) is 0 Å². The first kappa shape index (κ1) is 9.41. The largest absolute Gasteiger partial charge is 0.293 e. The maximum atomic E-state index is 11.6. The first-order chi connectivity index (χ1) is 6.25. The Morgan fingerprint density at radius 1 is 1.54 bits per heavy atom. The van der Waals surface area contributed by atoms with Crippen molar-refractivity contribution >= 4 is 33.0 Å². The third-order valence-corrected chi connectivity index (χ3v) is 3.99. The molecule has 0 bridgehead atoms. The van der Waals surface area contributed by atoms with Crippen molar-refractivity contribution in [3.8, 4) is 0 Å². The highest BCUT2D eigenvalue weighted by molar-refractivity contribution is 9.11. The van der Waals surface area contributed by atoms with E-state index in [-0.39, 0.29) is 0 Å². The highest BCUT2D eigenvalue weighted by Crippen LogP contribution is 2.34. The van der Waals surface area contributed by atoms with E-state index in [4.69, 9.17) is 0 Å². The van der Waals surface area contributed by atoms with Gasteiger partial charge in [-0.1, -0.05) is 12.8 Å². The number of carbonyl (C=O) groups is 1. The number of thiophene rings is 1. The second-order valence-corrected chi connectivity index (χ2v) is 5.97. The fourth-order valence-corrected chi connectivity index (χ4v) is 2.68. The second-order valence-electron chi connectivity index (χ2n) is 3.51. The summed E-state index contributed by atoms with van der Waals surface area (Å²) in [6.45, 7) is 0. The van der Waals surface area contributed by atoms with Gasteiger partial charge in [-0.2, -0.15) is 0 Å². The molecule has 1 aromatic rings. The van der Waals surface area contributed by atoms with Crippen molar-refractivity contribution in [1.82, 2.24) is 0 Å². The van der Waals surface area contributed by atoms with Crippen molar-refractivity contribution in [2.75, 3.05) is 0 Å². The molecule has 1 aliphatic rings. The SMILES string of the molecule is O=C(CCC1CC1)c1ccc(Br)s1. The predicted molar refractivity (Wildman–Crippen MR) is 58.3 cm³/mol. The van der Waals surface area contributed by atoms with Crippen molar-refractivity contribution < 1.29 is 4.79 Å². The Bertz CT molecular complexity index is 314. The molecule has 1 heterocycles. The molecule has 0 aromatic carbocycles. The molecule has 13 heavy (non-hydrogen) atoms. The summed E-state index contributed by atoms with van der Waals surface area (Å²) in [5.74, 6) is 1.16. The van der Waals surface area contributed by atoms with Crippen LogP contribution in [0.2, 0.25) is 0 Å². The zero-order valence-corrected chi connectivity index (χ0v) is 9.66. The smallest absolute Gasteiger partial charge is 0.172 e. The number of carbonyl (C=O) groups excluding carboxylic acids is 1. The standard InChI is InChI=1S/C10H11BrOS/c11-10-6-5-9(13-10)8(12)4-3-7-1-2-7/h5-7H,1-4H2. The van der Waals surface area contributed by atoms with E-state index in [1.54, 1.807) is 0 Å². The van der Waals surface area contributed by atoms with E-state index in [0.717, 1.165) is 27.4 Å². The van der Waals surface area contributed by atoms with Crippen molar-refractivity contribution in [3.63, 3.8) is 0 Å². The third-order valence-electron chi connectivity index (χ3n) is 2.32. The third kappa shape index (κ3) is 2.64. The summed E-state index contributed by atoms with van der Waals surface area (Å²) in [4.78, 5) is 12.5. The van der Waals surface area contributed by atoms with Gasteiger partial charge in [-0.15, -0.1) is 11.3 Å². The number of rotatable bonds is 4. The van der Waals surface area contributed by atoms with Crippen LogP contribution in [0, 0.1) is 5.92 Å². The second kappa shape index (κ2) is 3.93. The van der Waals surface area contributed by atoms with Crippen LogP contribution in [-0.4, -0.2) is 5.78 Å². The van der Waals surface area contributed by atoms with Crippen LogP contribution in [0.4, 0.5) is 0 Å². The van der Waals surface area contributed by atoms with Gasteiger partial charge >= 0.3 is 0 Å². The molecule has 1 aliphatic carbocycles. The summed E-state index contributed by atoms with van der Waals surface area (Å²) >= 11 is 4.89. The van der Waals surface area contributed by atoms with Crippen LogP contribution in [0.15, 0.2) is 15.9 Å². The highest BCUT2D eigenvalue weighted by atomic mass is 79.9. The molecule has 1 saturated carbocycles. The number of hydrogen-bond acceptors (Lipinski definition) is 2. The van der Waals surface area contributed by atoms with Crippen molar-refractivity contribution in [3.05, 3.63) is 20.8 Å². The number of hydrogen-bond donors (Lipinski definition) is 0. The van der Waals surface area contributed by atoms with Crippen LogP contribution < -0.4 is 0 Å². The predicted octanol–water partition coefficient (Wildman–Crippen LogP) is 3.88. The lowest BCUT2D eigenvalue weighted by molar-refractivity contribution is 0.0982. The summed E-state index contributed by atoms with van der Waals surface area (Å²) in [5.41, 5.74) is 0. The maximum absolute atomic E-state index is 11.6. The Morgan fingerprint density at radius 2 is 2.31 bits per heavy atom. The first-order valence-electron chi connectivity index (χ1n) is 4.54. The molecule has 1 fully saturated rings. The van der Waals surface area contributed by atoms with Gasteiger partial charge in [0.05, 0.1) is 8.66 Å². The van der Waals surface area contributed by atoms with Crippen LogP contribution >= 0.6 is 27.3 Å². The molecule has 1 aromatic heterocycles. The molecule has 0 aliphatic heterocycles. The number of halogens is 1. The molecule has 0 spiro atoms. The summed E-state index contributed by atoms with van der Waals surface area (Å²) in [6.07, 6.45) is 4.49. The van der Waals surface area contributed by atoms with E-state index in [2.05, 4.69) is 15.9 Å². The van der Waals surface area contributed by atoms with E-state index in [0.29, 0.717) is 5.78 Å². The molecule has 70 valence electrons. The zero-order chi connectivity index (χ0) is 9.26. The molecule has 0 radical (unpaired) electrons. The van der Waals surface area contributed by atoms with E-state index >= 15 is 0 Å². The summed E-state index contributed by atoms with van der Waals surface area (Å²) in [7, 11) is 0. The van der Waals surface area contributed by atoms with Gasteiger partial charge < -0.3 is 0 Å². The molecular formula is C10H11BrOS. The number of ketones is 1. The van der Waals surface area contributed by atoms with Crippen LogP contribution in [0.25, 0.3) is 0 Å². The Balaban J connectivity index is 1.88. The van der Waals surface area contributed by atoms with Gasteiger partial charge in [-0.3, -0.25) is 4.79 Å². The topological polar surface area (TPSA) is 17.1 Å². The highest BCUT2D eigenvalue weighted by Gasteiger charge is 2.22. The minimum absolute atomic E-state index is 0.308. The fraction of sp³-hybridized carbons (Fsp3) is 0.500. The average Bonchev–Trinajstić information content (AvgIpc) is 2.84. The lowest BCUT2D eigenvalue weighted by Gasteiger charge is -1.95. The fourth-order valence-electron chi connectivity index (χ4n) is 1.33. The van der Waals surface area contributed by atoms with Gasteiger partial charge in [0.2, 0.25) is 0 Å². The minimum Gasteiger partial charge on any atom is -0.293 e. The minimum atomic E-state index is 0.308. The van der Waals surface area contributed by atoms with E-state index in [1.807, 2.05) is 12.1 Å². The molecule has 0 atom stereocenters. The van der Waals surface area contributed by atoms with E-state index in [1.165, 1.54) is 24.2 Å². The zero-order valence-electron chi connectivity index (χ0n) is 7.25.